The molecule has 1 aromatic carbocycles. The van der Waals surface area contributed by atoms with Crippen molar-refractivity contribution in [2.75, 3.05) is 6.54 Å². The smallest absolute Gasteiger partial charge is 0.126 e. The SMILES string of the molecule is CCCNC(Cc1cc(F)cc(F)c1)C(C)CCC. The highest BCUT2D eigenvalue weighted by atomic mass is 19.1. The lowest BCUT2D eigenvalue weighted by Crippen LogP contribution is -2.37. The number of benzene rings is 1. The Balaban J connectivity index is 2.74. The molecule has 0 aliphatic heterocycles. The second-order valence-electron chi connectivity index (χ2n) is 5.31. The minimum Gasteiger partial charge on any atom is -0.313 e. The van der Waals surface area contributed by atoms with Gasteiger partial charge in [-0.3, -0.25) is 0 Å². The van der Waals surface area contributed by atoms with Crippen LogP contribution in [-0.2, 0) is 6.42 Å². The summed E-state index contributed by atoms with van der Waals surface area (Å²) < 4.78 is 26.4. The highest BCUT2D eigenvalue weighted by molar-refractivity contribution is 5.19. The fraction of sp³-hybridized carbons (Fsp3) is 0.625. The summed E-state index contributed by atoms with van der Waals surface area (Å²) in [5, 5.41) is 3.50. The summed E-state index contributed by atoms with van der Waals surface area (Å²) in [6, 6.07) is 4.07. The largest absolute Gasteiger partial charge is 0.313 e. The van der Waals surface area contributed by atoms with Crippen molar-refractivity contribution in [2.45, 2.75) is 52.5 Å². The first-order valence-electron chi connectivity index (χ1n) is 7.25. The molecule has 0 radical (unpaired) electrons. The lowest BCUT2D eigenvalue weighted by Gasteiger charge is -2.25. The van der Waals surface area contributed by atoms with Gasteiger partial charge in [-0.15, -0.1) is 0 Å². The summed E-state index contributed by atoms with van der Waals surface area (Å²) in [5.41, 5.74) is 0.731. The Morgan fingerprint density at radius 3 is 2.21 bits per heavy atom. The Hall–Kier alpha value is -0.960. The van der Waals surface area contributed by atoms with Crippen LogP contribution in [0.15, 0.2) is 18.2 Å². The first-order chi connectivity index (χ1) is 9.06. The molecule has 0 aliphatic rings. The summed E-state index contributed by atoms with van der Waals surface area (Å²) in [6.45, 7) is 7.43. The number of hydrogen-bond donors (Lipinski definition) is 1. The minimum atomic E-state index is -0.493. The summed E-state index contributed by atoms with van der Waals surface area (Å²) in [5.74, 6) is -0.484. The molecular formula is C16H25F2N. The summed E-state index contributed by atoms with van der Waals surface area (Å²) in [4.78, 5) is 0. The number of hydrogen-bond acceptors (Lipinski definition) is 1. The number of halogens is 2. The Morgan fingerprint density at radius 2 is 1.68 bits per heavy atom. The van der Waals surface area contributed by atoms with Gasteiger partial charge in [-0.05, 0) is 49.4 Å². The maximum atomic E-state index is 13.2. The van der Waals surface area contributed by atoms with Crippen molar-refractivity contribution in [3.8, 4) is 0 Å². The third-order valence-corrected chi connectivity index (χ3v) is 3.47. The highest BCUT2D eigenvalue weighted by Gasteiger charge is 2.17. The molecule has 1 aromatic rings. The Kier molecular flexibility index (Phi) is 7.00. The summed E-state index contributed by atoms with van der Waals surface area (Å²) in [6.07, 6.45) is 3.99. The Labute approximate surface area is 115 Å². The van der Waals surface area contributed by atoms with E-state index < -0.39 is 11.6 Å². The second kappa shape index (κ2) is 8.26. The van der Waals surface area contributed by atoms with Gasteiger partial charge in [0.2, 0.25) is 0 Å². The van der Waals surface area contributed by atoms with Gasteiger partial charge < -0.3 is 5.32 Å². The van der Waals surface area contributed by atoms with E-state index in [1.807, 2.05) is 0 Å². The quantitative estimate of drug-likeness (QED) is 0.741. The van der Waals surface area contributed by atoms with E-state index in [1.54, 1.807) is 0 Å². The Bertz CT molecular complexity index is 359. The highest BCUT2D eigenvalue weighted by Crippen LogP contribution is 2.17. The zero-order chi connectivity index (χ0) is 14.3. The van der Waals surface area contributed by atoms with E-state index in [0.29, 0.717) is 12.3 Å². The molecule has 0 saturated heterocycles. The average Bonchev–Trinajstić information content (AvgIpc) is 2.33. The van der Waals surface area contributed by atoms with Crippen LogP contribution in [0, 0.1) is 17.6 Å². The van der Waals surface area contributed by atoms with Crippen molar-refractivity contribution in [3.05, 3.63) is 35.4 Å². The van der Waals surface area contributed by atoms with Gasteiger partial charge in [-0.2, -0.15) is 0 Å². The van der Waals surface area contributed by atoms with Gasteiger partial charge in [0.25, 0.3) is 0 Å². The predicted molar refractivity (Wildman–Crippen MR) is 76.2 cm³/mol. The molecule has 0 aromatic heterocycles. The van der Waals surface area contributed by atoms with Gasteiger partial charge in [-0.1, -0.05) is 27.2 Å². The second-order valence-corrected chi connectivity index (χ2v) is 5.31. The van der Waals surface area contributed by atoms with Gasteiger partial charge in [0.1, 0.15) is 11.6 Å². The van der Waals surface area contributed by atoms with E-state index >= 15 is 0 Å². The molecule has 1 N–H and O–H groups in total. The summed E-state index contributed by atoms with van der Waals surface area (Å²) >= 11 is 0. The molecule has 0 saturated carbocycles. The molecule has 2 atom stereocenters. The van der Waals surface area contributed by atoms with Crippen LogP contribution in [0.5, 0.6) is 0 Å². The van der Waals surface area contributed by atoms with Crippen LogP contribution in [0.1, 0.15) is 45.6 Å². The van der Waals surface area contributed by atoms with Crippen molar-refractivity contribution in [1.29, 1.82) is 0 Å². The first kappa shape index (κ1) is 16.1. The lowest BCUT2D eigenvalue weighted by molar-refractivity contribution is 0.352. The first-order valence-corrected chi connectivity index (χ1v) is 7.25. The zero-order valence-electron chi connectivity index (χ0n) is 12.2. The molecule has 0 aliphatic carbocycles. The van der Waals surface area contributed by atoms with E-state index in [1.165, 1.54) is 12.1 Å². The van der Waals surface area contributed by atoms with Crippen LogP contribution >= 0.6 is 0 Å². The van der Waals surface area contributed by atoms with Gasteiger partial charge in [0.15, 0.2) is 0 Å². The molecule has 1 nitrogen and oxygen atoms in total. The van der Waals surface area contributed by atoms with Crippen LogP contribution in [0.25, 0.3) is 0 Å². The molecule has 0 fully saturated rings. The number of nitrogens with one attached hydrogen (secondary N) is 1. The van der Waals surface area contributed by atoms with Crippen LogP contribution in [0.4, 0.5) is 8.78 Å². The molecule has 0 heterocycles. The van der Waals surface area contributed by atoms with Crippen molar-refractivity contribution in [3.63, 3.8) is 0 Å². The molecule has 3 heteroatoms. The van der Waals surface area contributed by atoms with Gasteiger partial charge in [-0.25, -0.2) is 8.78 Å². The van der Waals surface area contributed by atoms with Crippen molar-refractivity contribution < 1.29 is 8.78 Å². The average molecular weight is 269 g/mol. The van der Waals surface area contributed by atoms with Crippen molar-refractivity contribution >= 4 is 0 Å². The minimum absolute atomic E-state index is 0.279. The monoisotopic (exact) mass is 269 g/mol. The maximum absolute atomic E-state index is 13.2. The van der Waals surface area contributed by atoms with E-state index in [2.05, 4.69) is 26.1 Å². The van der Waals surface area contributed by atoms with Gasteiger partial charge in [0.05, 0.1) is 0 Å². The molecule has 2 unspecified atom stereocenters. The molecule has 0 spiro atoms. The van der Waals surface area contributed by atoms with Gasteiger partial charge >= 0.3 is 0 Å². The number of rotatable bonds is 8. The fourth-order valence-electron chi connectivity index (χ4n) is 2.44. The molecule has 0 bridgehead atoms. The topological polar surface area (TPSA) is 12.0 Å². The van der Waals surface area contributed by atoms with Crippen LogP contribution in [0.3, 0.4) is 0 Å². The van der Waals surface area contributed by atoms with Crippen LogP contribution < -0.4 is 5.32 Å². The van der Waals surface area contributed by atoms with E-state index in [4.69, 9.17) is 0 Å². The molecule has 1 rings (SSSR count). The van der Waals surface area contributed by atoms with E-state index in [-0.39, 0.29) is 6.04 Å². The van der Waals surface area contributed by atoms with Crippen LogP contribution in [-0.4, -0.2) is 12.6 Å². The van der Waals surface area contributed by atoms with E-state index in [9.17, 15) is 8.78 Å². The standard InChI is InChI=1S/C16H25F2N/c1-4-6-12(3)16(19-7-5-2)10-13-8-14(17)11-15(18)9-13/h8-9,11-12,16,19H,4-7,10H2,1-3H3. The molecule has 108 valence electrons. The van der Waals surface area contributed by atoms with Gasteiger partial charge in [0, 0.05) is 12.1 Å². The predicted octanol–water partition coefficient (Wildman–Crippen LogP) is 4.31. The lowest BCUT2D eigenvalue weighted by atomic mass is 9.91. The molecule has 0 amide bonds. The molecular weight excluding hydrogens is 244 g/mol. The summed E-state index contributed by atoms with van der Waals surface area (Å²) in [7, 11) is 0. The van der Waals surface area contributed by atoms with Crippen LogP contribution in [0.2, 0.25) is 0 Å². The third kappa shape index (κ3) is 5.68. The normalized spacial score (nSPS) is 14.4. The maximum Gasteiger partial charge on any atom is 0.126 e. The third-order valence-electron chi connectivity index (χ3n) is 3.47. The molecule has 19 heavy (non-hydrogen) atoms. The van der Waals surface area contributed by atoms with Crippen molar-refractivity contribution in [1.82, 2.24) is 5.32 Å². The Morgan fingerprint density at radius 1 is 1.05 bits per heavy atom. The van der Waals surface area contributed by atoms with E-state index in [0.717, 1.165) is 37.4 Å². The fourth-order valence-corrected chi connectivity index (χ4v) is 2.44. The van der Waals surface area contributed by atoms with Crippen molar-refractivity contribution in [2.24, 2.45) is 5.92 Å². The zero-order valence-corrected chi connectivity index (χ0v) is 12.2.